The Morgan fingerprint density at radius 1 is 1.35 bits per heavy atom. The van der Waals surface area contributed by atoms with Gasteiger partial charge in [-0.2, -0.15) is 0 Å². The smallest absolute Gasteiger partial charge is 0.123 e. The van der Waals surface area contributed by atoms with E-state index in [2.05, 4.69) is 11.4 Å². The van der Waals surface area contributed by atoms with Gasteiger partial charge in [0, 0.05) is 18.7 Å². The molecule has 1 aliphatic rings. The second kappa shape index (κ2) is 6.03. The fourth-order valence-corrected chi connectivity index (χ4v) is 2.50. The van der Waals surface area contributed by atoms with Crippen molar-refractivity contribution in [3.8, 4) is 5.75 Å². The van der Waals surface area contributed by atoms with Crippen molar-refractivity contribution in [1.29, 1.82) is 0 Å². The van der Waals surface area contributed by atoms with Crippen molar-refractivity contribution in [3.05, 3.63) is 29.8 Å². The number of aliphatic hydroxyl groups is 1. The molecule has 2 rings (SSSR count). The Kier molecular flexibility index (Phi) is 4.40. The summed E-state index contributed by atoms with van der Waals surface area (Å²) >= 11 is 0. The van der Waals surface area contributed by atoms with Crippen molar-refractivity contribution < 1.29 is 9.84 Å². The van der Waals surface area contributed by atoms with Gasteiger partial charge in [0.25, 0.3) is 0 Å². The molecule has 1 saturated carbocycles. The maximum atomic E-state index is 9.72. The molecule has 1 aromatic carbocycles. The van der Waals surface area contributed by atoms with Gasteiger partial charge in [-0.05, 0) is 24.8 Å². The second-order valence-corrected chi connectivity index (χ2v) is 4.70. The third-order valence-electron chi connectivity index (χ3n) is 3.53. The molecule has 1 aromatic rings. The lowest BCUT2D eigenvalue weighted by Gasteiger charge is -2.16. The van der Waals surface area contributed by atoms with Crippen LogP contribution in [0.25, 0.3) is 0 Å². The van der Waals surface area contributed by atoms with Crippen LogP contribution in [0.2, 0.25) is 0 Å². The lowest BCUT2D eigenvalue weighted by Crippen LogP contribution is -2.27. The summed E-state index contributed by atoms with van der Waals surface area (Å²) in [5.41, 5.74) is 1.17. The van der Waals surface area contributed by atoms with Crippen LogP contribution in [0.15, 0.2) is 24.3 Å². The summed E-state index contributed by atoms with van der Waals surface area (Å²) in [6, 6.07) is 8.03. The topological polar surface area (TPSA) is 41.5 Å². The maximum Gasteiger partial charge on any atom is 0.123 e. The average Bonchev–Trinajstić information content (AvgIpc) is 2.76. The van der Waals surface area contributed by atoms with E-state index in [0.717, 1.165) is 38.1 Å². The zero-order valence-corrected chi connectivity index (χ0v) is 10.4. The molecule has 1 aliphatic carbocycles. The van der Waals surface area contributed by atoms with Gasteiger partial charge in [0.1, 0.15) is 5.75 Å². The van der Waals surface area contributed by atoms with Crippen LogP contribution in [-0.2, 0) is 6.54 Å². The van der Waals surface area contributed by atoms with Crippen molar-refractivity contribution >= 4 is 0 Å². The van der Waals surface area contributed by atoms with E-state index < -0.39 is 0 Å². The highest BCUT2D eigenvalue weighted by Gasteiger charge is 2.24. The number of hydrogen-bond acceptors (Lipinski definition) is 3. The standard InChI is InChI=1S/C14H21NO2/c1-17-14-8-3-2-5-12(14)10-15-9-11-6-4-7-13(11)16/h2-3,5,8,11,13,15-16H,4,6-7,9-10H2,1H3. The van der Waals surface area contributed by atoms with Gasteiger partial charge in [0.2, 0.25) is 0 Å². The molecule has 0 aromatic heterocycles. The molecule has 0 spiro atoms. The fraction of sp³-hybridized carbons (Fsp3) is 0.571. The van der Waals surface area contributed by atoms with Crippen LogP contribution in [0.5, 0.6) is 5.75 Å². The van der Waals surface area contributed by atoms with Crippen LogP contribution in [0.3, 0.4) is 0 Å². The summed E-state index contributed by atoms with van der Waals surface area (Å²) in [6.45, 7) is 1.69. The average molecular weight is 235 g/mol. The molecule has 1 fully saturated rings. The van der Waals surface area contributed by atoms with Crippen LogP contribution < -0.4 is 10.1 Å². The molecule has 2 unspecified atom stereocenters. The van der Waals surface area contributed by atoms with E-state index in [1.807, 2.05) is 18.2 Å². The van der Waals surface area contributed by atoms with Gasteiger partial charge in [-0.25, -0.2) is 0 Å². The van der Waals surface area contributed by atoms with Crippen molar-refractivity contribution in [2.75, 3.05) is 13.7 Å². The third kappa shape index (κ3) is 3.20. The SMILES string of the molecule is COc1ccccc1CNCC1CCCC1O. The quantitative estimate of drug-likeness (QED) is 0.819. The predicted octanol–water partition coefficient (Wildman–Crippen LogP) is 1.95. The number of methoxy groups -OCH3 is 1. The highest BCUT2D eigenvalue weighted by molar-refractivity contribution is 5.32. The molecule has 0 aliphatic heterocycles. The molecule has 17 heavy (non-hydrogen) atoms. The number of hydrogen-bond donors (Lipinski definition) is 2. The number of benzene rings is 1. The summed E-state index contributed by atoms with van der Waals surface area (Å²) in [7, 11) is 1.69. The van der Waals surface area contributed by atoms with E-state index in [-0.39, 0.29) is 6.10 Å². The summed E-state index contributed by atoms with van der Waals surface area (Å²) in [5, 5.41) is 13.1. The van der Waals surface area contributed by atoms with Crippen LogP contribution >= 0.6 is 0 Å². The molecule has 0 amide bonds. The first-order chi connectivity index (χ1) is 8.31. The van der Waals surface area contributed by atoms with Crippen molar-refractivity contribution in [1.82, 2.24) is 5.32 Å². The van der Waals surface area contributed by atoms with Crippen molar-refractivity contribution in [2.45, 2.75) is 31.9 Å². The molecular formula is C14H21NO2. The van der Waals surface area contributed by atoms with Crippen LogP contribution in [0.4, 0.5) is 0 Å². The Bertz CT molecular complexity index is 354. The van der Waals surface area contributed by atoms with Gasteiger partial charge in [0.15, 0.2) is 0 Å². The molecule has 0 radical (unpaired) electrons. The molecule has 2 N–H and O–H groups in total. The molecule has 2 atom stereocenters. The molecule has 0 heterocycles. The van der Waals surface area contributed by atoms with Crippen molar-refractivity contribution in [3.63, 3.8) is 0 Å². The third-order valence-corrected chi connectivity index (χ3v) is 3.53. The number of nitrogens with one attached hydrogen (secondary N) is 1. The Labute approximate surface area is 103 Å². The van der Waals surface area contributed by atoms with Gasteiger partial charge < -0.3 is 15.2 Å². The molecule has 0 saturated heterocycles. The number of rotatable bonds is 5. The van der Waals surface area contributed by atoms with Crippen LogP contribution in [0, 0.1) is 5.92 Å². The normalized spacial score (nSPS) is 23.9. The number of para-hydroxylation sites is 1. The Morgan fingerprint density at radius 2 is 2.18 bits per heavy atom. The zero-order chi connectivity index (χ0) is 12.1. The van der Waals surface area contributed by atoms with Crippen molar-refractivity contribution in [2.24, 2.45) is 5.92 Å². The largest absolute Gasteiger partial charge is 0.496 e. The minimum Gasteiger partial charge on any atom is -0.496 e. The fourth-order valence-electron chi connectivity index (χ4n) is 2.50. The first kappa shape index (κ1) is 12.4. The molecule has 3 heteroatoms. The van der Waals surface area contributed by atoms with Gasteiger partial charge in [-0.3, -0.25) is 0 Å². The first-order valence-electron chi connectivity index (χ1n) is 6.32. The summed E-state index contributed by atoms with van der Waals surface area (Å²) in [4.78, 5) is 0. The minimum atomic E-state index is -0.111. The van der Waals surface area contributed by atoms with Gasteiger partial charge in [-0.15, -0.1) is 0 Å². The maximum absolute atomic E-state index is 9.72. The number of aliphatic hydroxyl groups excluding tert-OH is 1. The number of ether oxygens (including phenoxy) is 1. The Hall–Kier alpha value is -1.06. The zero-order valence-electron chi connectivity index (χ0n) is 10.4. The molecule has 0 bridgehead atoms. The van der Waals surface area contributed by atoms with E-state index in [1.165, 1.54) is 5.56 Å². The van der Waals surface area contributed by atoms with Crippen LogP contribution in [0.1, 0.15) is 24.8 Å². The van der Waals surface area contributed by atoms with E-state index in [0.29, 0.717) is 5.92 Å². The predicted molar refractivity (Wildman–Crippen MR) is 68.0 cm³/mol. The van der Waals surface area contributed by atoms with Gasteiger partial charge >= 0.3 is 0 Å². The summed E-state index contributed by atoms with van der Waals surface area (Å²) < 4.78 is 5.30. The van der Waals surface area contributed by atoms with E-state index in [9.17, 15) is 5.11 Å². The van der Waals surface area contributed by atoms with E-state index in [4.69, 9.17) is 4.74 Å². The minimum absolute atomic E-state index is 0.111. The van der Waals surface area contributed by atoms with Gasteiger partial charge in [-0.1, -0.05) is 24.6 Å². The van der Waals surface area contributed by atoms with E-state index >= 15 is 0 Å². The lowest BCUT2D eigenvalue weighted by molar-refractivity contribution is 0.131. The lowest BCUT2D eigenvalue weighted by atomic mass is 10.1. The highest BCUT2D eigenvalue weighted by atomic mass is 16.5. The highest BCUT2D eigenvalue weighted by Crippen LogP contribution is 2.25. The van der Waals surface area contributed by atoms with E-state index in [1.54, 1.807) is 7.11 Å². The second-order valence-electron chi connectivity index (χ2n) is 4.70. The molecule has 3 nitrogen and oxygen atoms in total. The Morgan fingerprint density at radius 3 is 2.88 bits per heavy atom. The monoisotopic (exact) mass is 235 g/mol. The molecule has 94 valence electrons. The summed E-state index contributed by atoms with van der Waals surface area (Å²) in [6.07, 6.45) is 3.14. The first-order valence-corrected chi connectivity index (χ1v) is 6.32. The summed E-state index contributed by atoms with van der Waals surface area (Å²) in [5.74, 6) is 1.34. The van der Waals surface area contributed by atoms with Crippen LogP contribution in [-0.4, -0.2) is 24.9 Å². The molecular weight excluding hydrogens is 214 g/mol. The van der Waals surface area contributed by atoms with Gasteiger partial charge in [0.05, 0.1) is 13.2 Å². The Balaban J connectivity index is 1.81.